The van der Waals surface area contributed by atoms with Gasteiger partial charge >= 0.3 is 0 Å². The number of fused-ring (bicyclic) bond motifs is 3. The van der Waals surface area contributed by atoms with Crippen LogP contribution in [0.3, 0.4) is 0 Å². The number of carbonyl (C=O) groups excluding carboxylic acids is 1. The van der Waals surface area contributed by atoms with Gasteiger partial charge in [-0.15, -0.1) is 0 Å². The number of nitriles is 1. The molecule has 4 rings (SSSR count). The number of amides is 1. The van der Waals surface area contributed by atoms with Crippen LogP contribution in [0.25, 0.3) is 10.9 Å². The molecule has 0 unspecified atom stereocenters. The molecular formula is C20H18N4O2. The molecule has 1 aliphatic heterocycles. The van der Waals surface area contributed by atoms with Crippen LogP contribution in [0.5, 0.6) is 0 Å². The Hall–Kier alpha value is -3.33. The van der Waals surface area contributed by atoms with E-state index in [0.717, 1.165) is 22.9 Å². The molecule has 0 fully saturated rings. The van der Waals surface area contributed by atoms with E-state index < -0.39 is 5.56 Å². The third-order valence-corrected chi connectivity index (χ3v) is 5.03. The Morgan fingerprint density at radius 1 is 1.31 bits per heavy atom. The van der Waals surface area contributed by atoms with Gasteiger partial charge in [-0.25, -0.2) is 0 Å². The number of aromatic nitrogens is 2. The SMILES string of the molecule is Cc1ccn(CC(=O)N2CCc3[nH]c4ccccc4c3C2)c(=O)c1C#N. The quantitative estimate of drug-likeness (QED) is 0.771. The van der Waals surface area contributed by atoms with Crippen LogP contribution in [-0.2, 0) is 24.3 Å². The number of rotatable bonds is 2. The largest absolute Gasteiger partial charge is 0.358 e. The van der Waals surface area contributed by atoms with Gasteiger partial charge in [-0.3, -0.25) is 9.59 Å². The summed E-state index contributed by atoms with van der Waals surface area (Å²) in [5.74, 6) is -0.115. The standard InChI is InChI=1S/C20H18N4O2/c1-13-6-8-24(20(26)15(13)10-21)12-19(25)23-9-7-18-16(11-23)14-4-2-3-5-17(14)22-18/h2-6,8,22H,7,9,11-12H2,1H3. The van der Waals surface area contributed by atoms with Gasteiger partial charge in [0.1, 0.15) is 18.2 Å². The smallest absolute Gasteiger partial charge is 0.269 e. The minimum Gasteiger partial charge on any atom is -0.358 e. The number of aryl methyl sites for hydroxylation is 1. The molecule has 0 spiro atoms. The lowest BCUT2D eigenvalue weighted by atomic mass is 10.0. The number of para-hydroxylation sites is 1. The number of nitrogens with zero attached hydrogens (tertiary/aromatic N) is 3. The first-order chi connectivity index (χ1) is 12.6. The maximum absolute atomic E-state index is 12.7. The highest BCUT2D eigenvalue weighted by Crippen LogP contribution is 2.27. The zero-order valence-corrected chi connectivity index (χ0v) is 14.5. The topological polar surface area (TPSA) is 81.9 Å². The van der Waals surface area contributed by atoms with E-state index in [0.29, 0.717) is 18.7 Å². The van der Waals surface area contributed by atoms with E-state index in [2.05, 4.69) is 11.1 Å². The zero-order chi connectivity index (χ0) is 18.3. The Kier molecular flexibility index (Phi) is 3.85. The monoisotopic (exact) mass is 346 g/mol. The van der Waals surface area contributed by atoms with E-state index in [4.69, 9.17) is 5.26 Å². The normalized spacial score (nSPS) is 13.5. The molecule has 0 atom stereocenters. The molecule has 2 aromatic heterocycles. The predicted octanol–water partition coefficient (Wildman–Crippen LogP) is 2.09. The molecule has 0 saturated carbocycles. The Balaban J connectivity index is 1.59. The highest BCUT2D eigenvalue weighted by Gasteiger charge is 2.24. The lowest BCUT2D eigenvalue weighted by molar-refractivity contribution is -0.132. The van der Waals surface area contributed by atoms with Crippen molar-refractivity contribution in [3.63, 3.8) is 0 Å². The van der Waals surface area contributed by atoms with Gasteiger partial charge in [-0.1, -0.05) is 18.2 Å². The van der Waals surface area contributed by atoms with E-state index >= 15 is 0 Å². The van der Waals surface area contributed by atoms with Gasteiger partial charge in [0, 0.05) is 47.9 Å². The predicted molar refractivity (Wildman–Crippen MR) is 97.6 cm³/mol. The van der Waals surface area contributed by atoms with Crippen molar-refractivity contribution in [1.29, 1.82) is 5.26 Å². The van der Waals surface area contributed by atoms with Crippen molar-refractivity contribution in [2.45, 2.75) is 26.4 Å². The maximum Gasteiger partial charge on any atom is 0.269 e. The van der Waals surface area contributed by atoms with E-state index in [9.17, 15) is 9.59 Å². The molecule has 6 heteroatoms. The van der Waals surface area contributed by atoms with Crippen LogP contribution in [0.1, 0.15) is 22.4 Å². The molecule has 6 nitrogen and oxygen atoms in total. The molecule has 1 aliphatic rings. The average Bonchev–Trinajstić information content (AvgIpc) is 3.02. The third kappa shape index (κ3) is 2.58. The Morgan fingerprint density at radius 3 is 2.92 bits per heavy atom. The molecule has 0 aliphatic carbocycles. The Labute approximate surface area is 150 Å². The lowest BCUT2D eigenvalue weighted by Crippen LogP contribution is -2.39. The molecule has 0 radical (unpaired) electrons. The lowest BCUT2D eigenvalue weighted by Gasteiger charge is -2.27. The van der Waals surface area contributed by atoms with Crippen molar-refractivity contribution >= 4 is 16.8 Å². The summed E-state index contributed by atoms with van der Waals surface area (Å²) in [5.41, 5.74) is 3.72. The van der Waals surface area contributed by atoms with Crippen molar-refractivity contribution in [3.8, 4) is 6.07 Å². The van der Waals surface area contributed by atoms with Gasteiger partial charge in [0.25, 0.3) is 5.56 Å². The van der Waals surface area contributed by atoms with Crippen LogP contribution in [0.2, 0.25) is 0 Å². The van der Waals surface area contributed by atoms with Gasteiger partial charge in [-0.05, 0) is 24.6 Å². The van der Waals surface area contributed by atoms with Gasteiger partial charge in [0.15, 0.2) is 0 Å². The van der Waals surface area contributed by atoms with Crippen molar-refractivity contribution in [2.24, 2.45) is 0 Å². The zero-order valence-electron chi connectivity index (χ0n) is 14.5. The minimum absolute atomic E-state index is 0.0501. The summed E-state index contributed by atoms with van der Waals surface area (Å²) in [5, 5.41) is 10.3. The fourth-order valence-corrected chi connectivity index (χ4v) is 3.55. The van der Waals surface area contributed by atoms with E-state index in [1.165, 1.54) is 10.3 Å². The first-order valence-electron chi connectivity index (χ1n) is 8.55. The highest BCUT2D eigenvalue weighted by atomic mass is 16.2. The van der Waals surface area contributed by atoms with Crippen molar-refractivity contribution in [3.05, 3.63) is 69.3 Å². The van der Waals surface area contributed by atoms with E-state index in [1.807, 2.05) is 24.3 Å². The molecular weight excluding hydrogens is 328 g/mol. The van der Waals surface area contributed by atoms with Crippen LogP contribution < -0.4 is 5.56 Å². The Morgan fingerprint density at radius 2 is 2.12 bits per heavy atom. The second-order valence-electron chi connectivity index (χ2n) is 6.61. The minimum atomic E-state index is -0.411. The van der Waals surface area contributed by atoms with Gasteiger partial charge in [0.05, 0.1) is 0 Å². The van der Waals surface area contributed by atoms with Crippen LogP contribution in [-0.4, -0.2) is 26.9 Å². The molecule has 0 saturated heterocycles. The summed E-state index contributed by atoms with van der Waals surface area (Å²) < 4.78 is 1.32. The number of carbonyl (C=O) groups is 1. The first kappa shape index (κ1) is 16.2. The molecule has 1 N–H and O–H groups in total. The van der Waals surface area contributed by atoms with Crippen molar-refractivity contribution < 1.29 is 4.79 Å². The number of H-pyrrole nitrogens is 1. The molecule has 1 amide bonds. The number of hydrogen-bond donors (Lipinski definition) is 1. The van der Waals surface area contributed by atoms with Crippen LogP contribution in [0, 0.1) is 18.3 Å². The molecule has 130 valence electrons. The maximum atomic E-state index is 12.7. The van der Waals surface area contributed by atoms with Crippen molar-refractivity contribution in [2.75, 3.05) is 6.54 Å². The number of hydrogen-bond acceptors (Lipinski definition) is 3. The number of nitrogens with one attached hydrogen (secondary N) is 1. The van der Waals surface area contributed by atoms with Gasteiger partial charge < -0.3 is 14.5 Å². The summed E-state index contributed by atoms with van der Waals surface area (Å²) in [6, 6.07) is 11.7. The van der Waals surface area contributed by atoms with Gasteiger partial charge in [0.2, 0.25) is 5.91 Å². The third-order valence-electron chi connectivity index (χ3n) is 5.03. The molecule has 0 bridgehead atoms. The fourth-order valence-electron chi connectivity index (χ4n) is 3.55. The molecule has 3 aromatic rings. The number of benzene rings is 1. The summed E-state index contributed by atoms with van der Waals surface area (Å²) in [7, 11) is 0. The number of aromatic amines is 1. The summed E-state index contributed by atoms with van der Waals surface area (Å²) in [6.45, 7) is 2.81. The van der Waals surface area contributed by atoms with Gasteiger partial charge in [-0.2, -0.15) is 5.26 Å². The average molecular weight is 346 g/mol. The van der Waals surface area contributed by atoms with E-state index in [-0.39, 0.29) is 18.0 Å². The highest BCUT2D eigenvalue weighted by molar-refractivity contribution is 5.86. The molecule has 3 heterocycles. The van der Waals surface area contributed by atoms with Crippen LogP contribution in [0.15, 0.2) is 41.3 Å². The second kappa shape index (κ2) is 6.19. The fraction of sp³-hybridized carbons (Fsp3) is 0.250. The number of pyridine rings is 1. The molecule has 26 heavy (non-hydrogen) atoms. The summed E-state index contributed by atoms with van der Waals surface area (Å²) in [4.78, 5) is 30.3. The van der Waals surface area contributed by atoms with Crippen molar-refractivity contribution in [1.82, 2.24) is 14.5 Å². The van der Waals surface area contributed by atoms with E-state index in [1.54, 1.807) is 24.1 Å². The van der Waals surface area contributed by atoms with Crippen LogP contribution in [0.4, 0.5) is 0 Å². The first-order valence-corrected chi connectivity index (χ1v) is 8.55. The summed E-state index contributed by atoms with van der Waals surface area (Å²) >= 11 is 0. The Bertz CT molecular complexity index is 1120. The van der Waals surface area contributed by atoms with Crippen LogP contribution >= 0.6 is 0 Å². The second-order valence-corrected chi connectivity index (χ2v) is 6.61. The molecule has 1 aromatic carbocycles. The summed E-state index contributed by atoms with van der Waals surface area (Å²) in [6.07, 6.45) is 2.35.